The molecule has 19 heavy (non-hydrogen) atoms. The van der Waals surface area contributed by atoms with Crippen LogP contribution in [-0.2, 0) is 19.4 Å². The van der Waals surface area contributed by atoms with Gasteiger partial charge in [-0.05, 0) is 60.5 Å². The second kappa shape index (κ2) is 5.35. The molecule has 0 unspecified atom stereocenters. The van der Waals surface area contributed by atoms with E-state index in [0.29, 0.717) is 0 Å². The van der Waals surface area contributed by atoms with E-state index in [9.17, 15) is 0 Å². The van der Waals surface area contributed by atoms with Crippen molar-refractivity contribution in [3.05, 3.63) is 51.2 Å². The Morgan fingerprint density at radius 3 is 3.00 bits per heavy atom. The van der Waals surface area contributed by atoms with E-state index >= 15 is 0 Å². The van der Waals surface area contributed by atoms with E-state index in [-0.39, 0.29) is 0 Å². The zero-order valence-corrected chi connectivity index (χ0v) is 12.2. The highest BCUT2D eigenvalue weighted by molar-refractivity contribution is 7.10. The lowest BCUT2D eigenvalue weighted by molar-refractivity contribution is 0.741. The van der Waals surface area contributed by atoms with Gasteiger partial charge < -0.3 is 10.6 Å². The molecule has 2 nitrogen and oxygen atoms in total. The van der Waals surface area contributed by atoms with E-state index in [2.05, 4.69) is 41.5 Å². The highest BCUT2D eigenvalue weighted by atomic mass is 32.1. The second-order valence-electron chi connectivity index (χ2n) is 5.20. The Morgan fingerprint density at radius 1 is 1.32 bits per heavy atom. The molecule has 1 aromatic carbocycles. The van der Waals surface area contributed by atoms with Crippen molar-refractivity contribution in [3.8, 4) is 0 Å². The quantitative estimate of drug-likeness (QED) is 0.930. The Morgan fingerprint density at radius 2 is 2.21 bits per heavy atom. The lowest BCUT2D eigenvalue weighted by Crippen LogP contribution is -2.29. The van der Waals surface area contributed by atoms with Gasteiger partial charge in [0.25, 0.3) is 0 Å². The largest absolute Gasteiger partial charge is 0.367 e. The van der Waals surface area contributed by atoms with Crippen LogP contribution in [0.15, 0.2) is 29.6 Å². The summed E-state index contributed by atoms with van der Waals surface area (Å²) in [5.41, 5.74) is 11.2. The summed E-state index contributed by atoms with van der Waals surface area (Å²) in [5, 5.41) is 2.21. The first-order valence-electron chi connectivity index (χ1n) is 6.87. The summed E-state index contributed by atoms with van der Waals surface area (Å²) in [5.74, 6) is 0. The fraction of sp³-hybridized carbons (Fsp3) is 0.375. The van der Waals surface area contributed by atoms with Crippen LogP contribution in [0.3, 0.4) is 0 Å². The predicted octanol–water partition coefficient (Wildman–Crippen LogP) is 3.12. The van der Waals surface area contributed by atoms with E-state index < -0.39 is 0 Å². The van der Waals surface area contributed by atoms with Crippen molar-refractivity contribution in [3.63, 3.8) is 0 Å². The molecule has 2 aromatic rings. The van der Waals surface area contributed by atoms with Crippen molar-refractivity contribution in [1.29, 1.82) is 0 Å². The Labute approximate surface area is 118 Å². The lowest BCUT2D eigenvalue weighted by atomic mass is 10.0. The molecule has 2 N–H and O–H groups in total. The zero-order valence-electron chi connectivity index (χ0n) is 11.4. The zero-order chi connectivity index (χ0) is 13.2. The second-order valence-corrected chi connectivity index (χ2v) is 6.20. The van der Waals surface area contributed by atoms with Crippen LogP contribution < -0.4 is 10.6 Å². The third kappa shape index (κ3) is 2.53. The van der Waals surface area contributed by atoms with Crippen LogP contribution in [-0.4, -0.2) is 13.1 Å². The summed E-state index contributed by atoms with van der Waals surface area (Å²) in [4.78, 5) is 4.06. The average molecular weight is 272 g/mol. The van der Waals surface area contributed by atoms with Gasteiger partial charge >= 0.3 is 0 Å². The van der Waals surface area contributed by atoms with E-state index in [0.717, 1.165) is 26.1 Å². The van der Waals surface area contributed by atoms with E-state index in [1.165, 1.54) is 28.8 Å². The monoisotopic (exact) mass is 272 g/mol. The van der Waals surface area contributed by atoms with Gasteiger partial charge in [-0.2, -0.15) is 0 Å². The van der Waals surface area contributed by atoms with Gasteiger partial charge in [-0.25, -0.2) is 0 Å². The number of aryl methyl sites for hydroxylation is 1. The number of rotatable bonds is 3. The summed E-state index contributed by atoms with van der Waals surface area (Å²) in [7, 11) is 0. The number of nitrogens with zero attached hydrogens (tertiary/aromatic N) is 1. The molecular weight excluding hydrogens is 252 g/mol. The number of thiophene rings is 1. The van der Waals surface area contributed by atoms with Crippen LogP contribution in [0, 0.1) is 6.92 Å². The van der Waals surface area contributed by atoms with Gasteiger partial charge in [-0.1, -0.05) is 12.1 Å². The number of fused-ring (bicyclic) bond motifs is 1. The molecular formula is C16H20N2S. The molecule has 100 valence electrons. The topological polar surface area (TPSA) is 29.3 Å². The first kappa shape index (κ1) is 12.7. The van der Waals surface area contributed by atoms with Crippen LogP contribution in [0.2, 0.25) is 0 Å². The maximum atomic E-state index is 5.62. The molecule has 3 heteroatoms. The van der Waals surface area contributed by atoms with Gasteiger partial charge in [0.05, 0.1) is 0 Å². The fourth-order valence-electron chi connectivity index (χ4n) is 2.85. The molecule has 0 aliphatic carbocycles. The summed E-state index contributed by atoms with van der Waals surface area (Å²) in [6.07, 6.45) is 2.15. The van der Waals surface area contributed by atoms with Crippen LogP contribution >= 0.6 is 11.3 Å². The molecule has 1 aromatic heterocycles. The standard InChI is InChI=1S/C16H20N2S/c1-12-10-13(4-7-17)2-3-15(12)18-8-5-16-14(11-18)6-9-19-16/h2-3,6,9-10H,4-5,7-8,11,17H2,1H3. The van der Waals surface area contributed by atoms with Gasteiger partial charge in [0.1, 0.15) is 0 Å². The summed E-state index contributed by atoms with van der Waals surface area (Å²) in [6.45, 7) is 5.11. The summed E-state index contributed by atoms with van der Waals surface area (Å²) < 4.78 is 0. The first-order valence-corrected chi connectivity index (χ1v) is 7.75. The van der Waals surface area contributed by atoms with Gasteiger partial charge in [-0.15, -0.1) is 11.3 Å². The minimum Gasteiger partial charge on any atom is -0.367 e. The van der Waals surface area contributed by atoms with Crippen LogP contribution in [0.5, 0.6) is 0 Å². The minimum absolute atomic E-state index is 0.723. The molecule has 0 bridgehead atoms. The number of hydrogen-bond acceptors (Lipinski definition) is 3. The number of nitrogens with two attached hydrogens (primary N) is 1. The number of hydrogen-bond donors (Lipinski definition) is 1. The summed E-state index contributed by atoms with van der Waals surface area (Å²) >= 11 is 1.90. The van der Waals surface area contributed by atoms with Gasteiger partial charge in [0, 0.05) is 23.7 Å². The fourth-order valence-corrected chi connectivity index (χ4v) is 3.74. The molecule has 1 aliphatic rings. The van der Waals surface area contributed by atoms with Crippen molar-refractivity contribution in [1.82, 2.24) is 0 Å². The molecule has 0 atom stereocenters. The van der Waals surface area contributed by atoms with E-state index in [4.69, 9.17) is 5.73 Å². The Bertz CT molecular complexity index is 574. The lowest BCUT2D eigenvalue weighted by Gasteiger charge is -2.30. The van der Waals surface area contributed by atoms with Crippen LogP contribution in [0.25, 0.3) is 0 Å². The summed E-state index contributed by atoms with van der Waals surface area (Å²) in [6, 6.07) is 9.03. The highest BCUT2D eigenvalue weighted by Gasteiger charge is 2.18. The highest BCUT2D eigenvalue weighted by Crippen LogP contribution is 2.30. The van der Waals surface area contributed by atoms with Gasteiger partial charge in [0.15, 0.2) is 0 Å². The number of benzene rings is 1. The SMILES string of the molecule is Cc1cc(CCN)ccc1N1CCc2sccc2C1. The minimum atomic E-state index is 0.723. The molecule has 1 aliphatic heterocycles. The van der Waals surface area contributed by atoms with Gasteiger partial charge in [-0.3, -0.25) is 0 Å². The van der Waals surface area contributed by atoms with Crippen molar-refractivity contribution in [2.75, 3.05) is 18.0 Å². The number of anilines is 1. The van der Waals surface area contributed by atoms with Crippen molar-refractivity contribution in [2.24, 2.45) is 5.73 Å². The van der Waals surface area contributed by atoms with Crippen LogP contribution in [0.4, 0.5) is 5.69 Å². The van der Waals surface area contributed by atoms with Gasteiger partial charge in [0.2, 0.25) is 0 Å². The normalized spacial score (nSPS) is 14.5. The maximum absolute atomic E-state index is 5.62. The molecule has 3 rings (SSSR count). The van der Waals surface area contributed by atoms with Crippen molar-refractivity contribution in [2.45, 2.75) is 26.3 Å². The van der Waals surface area contributed by atoms with E-state index in [1.54, 1.807) is 4.88 Å². The molecule has 0 saturated carbocycles. The third-order valence-corrected chi connectivity index (χ3v) is 4.87. The predicted molar refractivity (Wildman–Crippen MR) is 83.0 cm³/mol. The Balaban J connectivity index is 1.83. The molecule has 0 amide bonds. The molecule has 0 saturated heterocycles. The molecule has 0 fully saturated rings. The smallest absolute Gasteiger partial charge is 0.0440 e. The Kier molecular flexibility index (Phi) is 3.58. The van der Waals surface area contributed by atoms with Crippen molar-refractivity contribution >= 4 is 17.0 Å². The average Bonchev–Trinajstić information content (AvgIpc) is 2.86. The van der Waals surface area contributed by atoms with Crippen molar-refractivity contribution < 1.29 is 0 Å². The third-order valence-electron chi connectivity index (χ3n) is 3.84. The molecule has 0 spiro atoms. The molecule has 0 radical (unpaired) electrons. The first-order chi connectivity index (χ1) is 9.28. The van der Waals surface area contributed by atoms with E-state index in [1.807, 2.05) is 11.3 Å². The Hall–Kier alpha value is -1.32. The van der Waals surface area contributed by atoms with Crippen LogP contribution in [0.1, 0.15) is 21.6 Å². The maximum Gasteiger partial charge on any atom is 0.0440 e. The molecule has 2 heterocycles.